The molecule has 1 saturated heterocycles. The zero-order valence-corrected chi connectivity index (χ0v) is 17.5. The first-order chi connectivity index (χ1) is 15.2. The predicted molar refractivity (Wildman–Crippen MR) is 124 cm³/mol. The Labute approximate surface area is 184 Å². The summed E-state index contributed by atoms with van der Waals surface area (Å²) in [6.45, 7) is 2.57. The fourth-order valence-corrected chi connectivity index (χ4v) is 4.01. The minimum atomic E-state index is -0.145. The van der Waals surface area contributed by atoms with Crippen LogP contribution in [0.15, 0.2) is 67.0 Å². The van der Waals surface area contributed by atoms with Crippen molar-refractivity contribution in [2.45, 2.75) is 0 Å². The molecule has 4 aromatic rings. The first kappa shape index (κ1) is 19.4. The van der Waals surface area contributed by atoms with Crippen LogP contribution in [0.3, 0.4) is 0 Å². The second kappa shape index (κ2) is 8.28. The molecule has 0 radical (unpaired) electrons. The Morgan fingerprint density at radius 1 is 0.968 bits per heavy atom. The van der Waals surface area contributed by atoms with Gasteiger partial charge >= 0.3 is 6.03 Å². The number of aromatic nitrogens is 3. The van der Waals surface area contributed by atoms with E-state index in [0.29, 0.717) is 36.9 Å². The number of hydrogen-bond donors (Lipinski definition) is 2. The van der Waals surface area contributed by atoms with Gasteiger partial charge in [0.25, 0.3) is 0 Å². The van der Waals surface area contributed by atoms with Crippen molar-refractivity contribution >= 4 is 40.2 Å². The standard InChI is InChI=1S/C23H21ClN6O/c24-18-8-4-5-9-19(18)28-23(31)30-12-10-29(11-13-30)22-17-14-20(16-6-2-1-3-7-16)27-21(17)25-15-26-22/h1-9,14-15H,10-13H2,(H,28,31)(H,25,26,27). The molecule has 3 heterocycles. The summed E-state index contributed by atoms with van der Waals surface area (Å²) < 4.78 is 0. The van der Waals surface area contributed by atoms with Gasteiger partial charge in [0.1, 0.15) is 17.8 Å². The summed E-state index contributed by atoms with van der Waals surface area (Å²) in [6.07, 6.45) is 1.58. The number of carbonyl (C=O) groups is 1. The number of hydrogen-bond acceptors (Lipinski definition) is 4. The highest BCUT2D eigenvalue weighted by atomic mass is 35.5. The highest BCUT2D eigenvalue weighted by Gasteiger charge is 2.24. The van der Waals surface area contributed by atoms with E-state index in [-0.39, 0.29) is 6.03 Å². The third-order valence-corrected chi connectivity index (χ3v) is 5.80. The number of benzene rings is 2. The van der Waals surface area contributed by atoms with Crippen LogP contribution >= 0.6 is 11.6 Å². The minimum absolute atomic E-state index is 0.145. The van der Waals surface area contributed by atoms with Crippen LogP contribution in [-0.4, -0.2) is 52.1 Å². The number of anilines is 2. The minimum Gasteiger partial charge on any atom is -0.352 e. The maximum absolute atomic E-state index is 12.6. The molecule has 31 heavy (non-hydrogen) atoms. The van der Waals surface area contributed by atoms with Crippen molar-refractivity contribution in [1.82, 2.24) is 19.9 Å². The van der Waals surface area contributed by atoms with E-state index in [0.717, 1.165) is 28.1 Å². The molecule has 1 fully saturated rings. The average molecular weight is 433 g/mol. The Bertz CT molecular complexity index is 1220. The van der Waals surface area contributed by atoms with Crippen LogP contribution < -0.4 is 10.2 Å². The zero-order chi connectivity index (χ0) is 21.2. The van der Waals surface area contributed by atoms with Gasteiger partial charge < -0.3 is 20.1 Å². The van der Waals surface area contributed by atoms with Crippen molar-refractivity contribution in [3.05, 3.63) is 72.0 Å². The van der Waals surface area contributed by atoms with Gasteiger partial charge in [0, 0.05) is 31.9 Å². The summed E-state index contributed by atoms with van der Waals surface area (Å²) in [7, 11) is 0. The third-order valence-electron chi connectivity index (χ3n) is 5.47. The number of amides is 2. The lowest BCUT2D eigenvalue weighted by molar-refractivity contribution is 0.208. The average Bonchev–Trinajstić information content (AvgIpc) is 3.26. The molecule has 8 heteroatoms. The summed E-state index contributed by atoms with van der Waals surface area (Å²) in [5.41, 5.74) is 3.54. The van der Waals surface area contributed by atoms with Gasteiger partial charge in [0.15, 0.2) is 0 Å². The maximum atomic E-state index is 12.6. The number of nitrogens with one attached hydrogen (secondary N) is 2. The third kappa shape index (κ3) is 3.92. The quantitative estimate of drug-likeness (QED) is 0.494. The summed E-state index contributed by atoms with van der Waals surface area (Å²) >= 11 is 6.15. The van der Waals surface area contributed by atoms with Gasteiger partial charge in [-0.25, -0.2) is 14.8 Å². The molecule has 0 atom stereocenters. The number of nitrogens with zero attached hydrogens (tertiary/aromatic N) is 4. The van der Waals surface area contributed by atoms with E-state index < -0.39 is 0 Å². The lowest BCUT2D eigenvalue weighted by Gasteiger charge is -2.35. The molecule has 7 nitrogen and oxygen atoms in total. The van der Waals surface area contributed by atoms with Gasteiger partial charge in [-0.3, -0.25) is 0 Å². The first-order valence-corrected chi connectivity index (χ1v) is 10.5. The SMILES string of the molecule is O=C(Nc1ccccc1Cl)N1CCN(c2ncnc3[nH]c(-c4ccccc4)cc23)CC1. The van der Waals surface area contributed by atoms with Gasteiger partial charge in [-0.2, -0.15) is 0 Å². The van der Waals surface area contributed by atoms with E-state index in [2.05, 4.69) is 43.4 Å². The number of carbonyl (C=O) groups excluding carboxylic acids is 1. The van der Waals surface area contributed by atoms with Gasteiger partial charge in [0.05, 0.1) is 16.1 Å². The van der Waals surface area contributed by atoms with E-state index in [4.69, 9.17) is 11.6 Å². The molecule has 2 N–H and O–H groups in total. The van der Waals surface area contributed by atoms with Crippen LogP contribution in [0.1, 0.15) is 0 Å². The van der Waals surface area contributed by atoms with Crippen LogP contribution in [0.5, 0.6) is 0 Å². The Morgan fingerprint density at radius 3 is 2.48 bits per heavy atom. The predicted octanol–water partition coefficient (Wildman–Crippen LogP) is 4.63. The second-order valence-corrected chi connectivity index (χ2v) is 7.80. The Hall–Kier alpha value is -3.58. The van der Waals surface area contributed by atoms with E-state index >= 15 is 0 Å². The summed E-state index contributed by atoms with van der Waals surface area (Å²) in [4.78, 5) is 29.0. The van der Waals surface area contributed by atoms with Gasteiger partial charge in [-0.05, 0) is 23.8 Å². The molecular formula is C23H21ClN6O. The molecule has 2 amide bonds. The summed E-state index contributed by atoms with van der Waals surface area (Å²) in [6, 6.07) is 19.3. The maximum Gasteiger partial charge on any atom is 0.322 e. The van der Waals surface area contributed by atoms with Crippen LogP contribution in [0, 0.1) is 0 Å². The Kier molecular flexibility index (Phi) is 5.18. The molecule has 0 unspecified atom stereocenters. The highest BCUT2D eigenvalue weighted by molar-refractivity contribution is 6.33. The molecule has 156 valence electrons. The molecule has 0 aliphatic carbocycles. The number of halogens is 1. The number of urea groups is 1. The summed E-state index contributed by atoms with van der Waals surface area (Å²) in [5, 5.41) is 4.40. The second-order valence-electron chi connectivity index (χ2n) is 7.39. The van der Waals surface area contributed by atoms with Gasteiger partial charge in [-0.1, -0.05) is 54.1 Å². The van der Waals surface area contributed by atoms with Crippen molar-refractivity contribution in [3.63, 3.8) is 0 Å². The number of H-pyrrole nitrogens is 1. The number of piperazine rings is 1. The molecule has 0 saturated carbocycles. The molecule has 0 bridgehead atoms. The lowest BCUT2D eigenvalue weighted by Crippen LogP contribution is -2.50. The molecule has 2 aromatic carbocycles. The van der Waals surface area contributed by atoms with Crippen molar-refractivity contribution in [2.24, 2.45) is 0 Å². The lowest BCUT2D eigenvalue weighted by atomic mass is 10.1. The first-order valence-electron chi connectivity index (χ1n) is 10.1. The van der Waals surface area contributed by atoms with Crippen LogP contribution in [0.4, 0.5) is 16.3 Å². The highest BCUT2D eigenvalue weighted by Crippen LogP contribution is 2.29. The van der Waals surface area contributed by atoms with Crippen LogP contribution in [-0.2, 0) is 0 Å². The van der Waals surface area contributed by atoms with Crippen molar-refractivity contribution in [3.8, 4) is 11.3 Å². The molecule has 1 aliphatic heterocycles. The largest absolute Gasteiger partial charge is 0.352 e. The normalized spacial score (nSPS) is 14.1. The molecule has 2 aromatic heterocycles. The fraction of sp³-hybridized carbons (Fsp3) is 0.174. The monoisotopic (exact) mass is 432 g/mol. The molecule has 1 aliphatic rings. The van der Waals surface area contributed by atoms with E-state index in [1.54, 1.807) is 23.4 Å². The Morgan fingerprint density at radius 2 is 1.71 bits per heavy atom. The van der Waals surface area contributed by atoms with E-state index in [9.17, 15) is 4.79 Å². The van der Waals surface area contributed by atoms with Crippen LogP contribution in [0.25, 0.3) is 22.3 Å². The molecular weight excluding hydrogens is 412 g/mol. The topological polar surface area (TPSA) is 77.2 Å². The molecule has 5 rings (SSSR count). The van der Waals surface area contributed by atoms with Crippen molar-refractivity contribution in [2.75, 3.05) is 36.4 Å². The number of fused-ring (bicyclic) bond motifs is 1. The summed E-state index contributed by atoms with van der Waals surface area (Å²) in [5.74, 6) is 0.884. The molecule has 0 spiro atoms. The zero-order valence-electron chi connectivity index (χ0n) is 16.8. The number of rotatable bonds is 3. The Balaban J connectivity index is 1.31. The van der Waals surface area contributed by atoms with Crippen molar-refractivity contribution < 1.29 is 4.79 Å². The van der Waals surface area contributed by atoms with Crippen LogP contribution in [0.2, 0.25) is 5.02 Å². The number of aromatic amines is 1. The smallest absolute Gasteiger partial charge is 0.322 e. The fourth-order valence-electron chi connectivity index (χ4n) is 3.83. The van der Waals surface area contributed by atoms with E-state index in [1.165, 1.54) is 0 Å². The van der Waals surface area contributed by atoms with E-state index in [1.807, 2.05) is 30.3 Å². The number of para-hydroxylation sites is 1. The van der Waals surface area contributed by atoms with Crippen molar-refractivity contribution in [1.29, 1.82) is 0 Å². The van der Waals surface area contributed by atoms with Gasteiger partial charge in [-0.15, -0.1) is 0 Å². The van der Waals surface area contributed by atoms with Gasteiger partial charge in [0.2, 0.25) is 0 Å².